The molecule has 254 valence electrons. The Balaban J connectivity index is 1.51. The lowest BCUT2D eigenvalue weighted by atomic mass is 10.0. The van der Waals surface area contributed by atoms with Gasteiger partial charge in [-0.3, -0.25) is 9.59 Å². The van der Waals surface area contributed by atoms with Gasteiger partial charge in [0.2, 0.25) is 0 Å². The Hall–Kier alpha value is -6.36. The summed E-state index contributed by atoms with van der Waals surface area (Å²) < 4.78 is 83.1. The molecule has 1 aliphatic rings. The number of imide groups is 1. The van der Waals surface area contributed by atoms with E-state index in [1.54, 1.807) is 0 Å². The van der Waals surface area contributed by atoms with Crippen molar-refractivity contribution in [3.63, 3.8) is 0 Å². The summed E-state index contributed by atoms with van der Waals surface area (Å²) in [5, 5.41) is 0. The van der Waals surface area contributed by atoms with Gasteiger partial charge in [0.05, 0.1) is 39.3 Å². The van der Waals surface area contributed by atoms with Gasteiger partial charge in [-0.15, -0.1) is 0 Å². The molecule has 0 atom stereocenters. The van der Waals surface area contributed by atoms with Gasteiger partial charge in [0.1, 0.15) is 0 Å². The first-order chi connectivity index (χ1) is 24.4. The highest BCUT2D eigenvalue weighted by molar-refractivity contribution is 6.35. The summed E-state index contributed by atoms with van der Waals surface area (Å²) >= 11 is 0. The summed E-state index contributed by atoms with van der Waals surface area (Å²) in [5.41, 5.74) is -1.03. The number of benzene rings is 6. The van der Waals surface area contributed by atoms with E-state index in [4.69, 9.17) is 0 Å². The Labute approximate surface area is 288 Å². The molecule has 0 radical (unpaired) electrons. The molecule has 0 saturated carbocycles. The number of carbonyl (C=O) groups excluding carboxylic acids is 2. The van der Waals surface area contributed by atoms with Gasteiger partial charge in [-0.25, -0.2) is 4.90 Å². The van der Waals surface area contributed by atoms with E-state index >= 15 is 0 Å². The van der Waals surface area contributed by atoms with Gasteiger partial charge in [0.15, 0.2) is 0 Å². The zero-order chi connectivity index (χ0) is 35.9. The van der Waals surface area contributed by atoms with Crippen LogP contribution in [0.2, 0.25) is 0 Å². The fraction of sp³-hybridized carbons (Fsp3) is 0.0500. The molecule has 1 heterocycles. The van der Waals surface area contributed by atoms with Gasteiger partial charge in [-0.1, -0.05) is 72.8 Å². The number of para-hydroxylation sites is 4. The Morgan fingerprint density at radius 3 is 0.980 bits per heavy atom. The van der Waals surface area contributed by atoms with E-state index < -0.39 is 41.0 Å². The summed E-state index contributed by atoms with van der Waals surface area (Å²) in [5.74, 6) is -2.13. The smallest absolute Gasteiger partial charge is 0.308 e. The Kier molecular flexibility index (Phi) is 8.34. The van der Waals surface area contributed by atoms with Crippen LogP contribution < -0.4 is 14.7 Å². The van der Waals surface area contributed by atoms with Crippen molar-refractivity contribution in [2.24, 2.45) is 0 Å². The van der Waals surface area contributed by atoms with Crippen LogP contribution in [0.25, 0.3) is 0 Å². The van der Waals surface area contributed by atoms with Crippen LogP contribution in [-0.4, -0.2) is 11.8 Å². The first kappa shape index (κ1) is 33.2. The van der Waals surface area contributed by atoms with Gasteiger partial charge in [0, 0.05) is 22.7 Å². The molecule has 11 heteroatoms. The molecule has 51 heavy (non-hydrogen) atoms. The predicted molar refractivity (Wildman–Crippen MR) is 183 cm³/mol. The fourth-order valence-electron chi connectivity index (χ4n) is 6.09. The average molecular weight is 694 g/mol. The highest BCUT2D eigenvalue weighted by atomic mass is 19.4. The Bertz CT molecular complexity index is 1990. The zero-order valence-corrected chi connectivity index (χ0v) is 26.4. The predicted octanol–water partition coefficient (Wildman–Crippen LogP) is 11.5. The minimum absolute atomic E-state index is 0.0485. The van der Waals surface area contributed by atoms with Crippen molar-refractivity contribution < 1.29 is 35.9 Å². The van der Waals surface area contributed by atoms with E-state index in [-0.39, 0.29) is 17.2 Å². The monoisotopic (exact) mass is 693 g/mol. The summed E-state index contributed by atoms with van der Waals surface area (Å²) in [6.07, 6.45) is -10.4. The molecule has 0 N–H and O–H groups in total. The summed E-state index contributed by atoms with van der Waals surface area (Å²) in [6.45, 7) is 0. The third-order valence-corrected chi connectivity index (χ3v) is 8.35. The van der Waals surface area contributed by atoms with Crippen molar-refractivity contribution in [3.05, 3.63) is 174 Å². The van der Waals surface area contributed by atoms with Crippen LogP contribution in [0.3, 0.4) is 0 Å². The van der Waals surface area contributed by atoms with Gasteiger partial charge in [-0.2, -0.15) is 26.3 Å². The van der Waals surface area contributed by atoms with Gasteiger partial charge < -0.3 is 9.80 Å². The van der Waals surface area contributed by atoms with Crippen molar-refractivity contribution in [1.29, 1.82) is 0 Å². The SMILES string of the molecule is O=C1c2cc(N(c3ccccc3)c3ccccc3)c(N(c3ccccc3)c3ccccc3)cc2C(=O)N1c1cc(C(F)(F)F)cc(C(F)(F)F)c1. The molecule has 0 saturated heterocycles. The summed E-state index contributed by atoms with van der Waals surface area (Å²) in [6, 6.07) is 40.3. The Morgan fingerprint density at radius 1 is 0.412 bits per heavy atom. The van der Waals surface area contributed by atoms with Crippen molar-refractivity contribution in [2.45, 2.75) is 12.4 Å². The minimum Gasteiger partial charge on any atom is -0.308 e. The van der Waals surface area contributed by atoms with E-state index in [1.807, 2.05) is 131 Å². The number of anilines is 7. The standard InChI is InChI=1S/C40H25F6N3O2/c41-39(42,43)26-21-27(40(44,45)46)23-32(22-26)49-37(50)33-24-35(47(28-13-5-1-6-14-28)29-15-7-2-8-16-29)36(25-34(33)38(49)51)48(30-17-9-3-10-18-30)31-19-11-4-12-20-31/h1-25H. The number of amides is 2. The first-order valence-corrected chi connectivity index (χ1v) is 15.6. The summed E-state index contributed by atoms with van der Waals surface area (Å²) in [7, 11) is 0. The first-order valence-electron chi connectivity index (χ1n) is 15.6. The minimum atomic E-state index is -5.19. The van der Waals surface area contributed by atoms with Crippen LogP contribution in [0.5, 0.6) is 0 Å². The number of carbonyl (C=O) groups is 2. The summed E-state index contributed by atoms with van der Waals surface area (Å²) in [4.78, 5) is 32.3. The quantitative estimate of drug-likeness (QED) is 0.123. The zero-order valence-electron chi connectivity index (χ0n) is 26.4. The van der Waals surface area contributed by atoms with Gasteiger partial charge in [-0.05, 0) is 78.9 Å². The molecule has 6 aromatic rings. The highest BCUT2D eigenvalue weighted by Crippen LogP contribution is 2.48. The highest BCUT2D eigenvalue weighted by Gasteiger charge is 2.43. The third-order valence-electron chi connectivity index (χ3n) is 8.35. The van der Waals surface area contributed by atoms with Crippen LogP contribution in [-0.2, 0) is 12.4 Å². The van der Waals surface area contributed by atoms with Crippen molar-refractivity contribution >= 4 is 51.6 Å². The second kappa shape index (κ2) is 12.8. The number of halogens is 6. The molecule has 0 aromatic heterocycles. The van der Waals surface area contributed by atoms with Crippen LogP contribution in [0.1, 0.15) is 31.8 Å². The third kappa shape index (κ3) is 6.29. The number of fused-ring (bicyclic) bond motifs is 1. The maximum Gasteiger partial charge on any atom is 0.416 e. The van der Waals surface area contributed by atoms with E-state index in [0.717, 1.165) is 0 Å². The molecule has 7 rings (SSSR count). The fourth-order valence-corrected chi connectivity index (χ4v) is 6.09. The Morgan fingerprint density at radius 2 is 0.706 bits per heavy atom. The van der Waals surface area contributed by atoms with E-state index in [0.29, 0.717) is 51.2 Å². The van der Waals surface area contributed by atoms with E-state index in [1.165, 1.54) is 12.1 Å². The van der Waals surface area contributed by atoms with Crippen molar-refractivity contribution in [3.8, 4) is 0 Å². The van der Waals surface area contributed by atoms with E-state index in [2.05, 4.69) is 0 Å². The van der Waals surface area contributed by atoms with Crippen molar-refractivity contribution in [1.82, 2.24) is 0 Å². The lowest BCUT2D eigenvalue weighted by molar-refractivity contribution is -0.143. The molecule has 2 amide bonds. The number of nitrogens with zero attached hydrogens (tertiary/aromatic N) is 3. The molecular formula is C40H25F6N3O2. The molecule has 6 aromatic carbocycles. The lowest BCUT2D eigenvalue weighted by Gasteiger charge is -2.33. The normalized spacial score (nSPS) is 12.9. The largest absolute Gasteiger partial charge is 0.416 e. The molecule has 0 unspecified atom stereocenters. The molecule has 0 bridgehead atoms. The second-order valence-electron chi connectivity index (χ2n) is 11.6. The maximum absolute atomic E-state index is 14.1. The number of rotatable bonds is 7. The second-order valence-corrected chi connectivity index (χ2v) is 11.6. The number of hydrogen-bond acceptors (Lipinski definition) is 4. The van der Waals surface area contributed by atoms with Gasteiger partial charge in [0.25, 0.3) is 11.8 Å². The van der Waals surface area contributed by atoms with Crippen molar-refractivity contribution in [2.75, 3.05) is 14.7 Å². The van der Waals surface area contributed by atoms with Gasteiger partial charge >= 0.3 is 12.4 Å². The number of hydrogen-bond donors (Lipinski definition) is 0. The molecule has 0 aliphatic carbocycles. The van der Waals surface area contributed by atoms with Crippen LogP contribution >= 0.6 is 0 Å². The van der Waals surface area contributed by atoms with Crippen LogP contribution in [0.15, 0.2) is 152 Å². The van der Waals surface area contributed by atoms with E-state index in [9.17, 15) is 35.9 Å². The molecule has 1 aliphatic heterocycles. The average Bonchev–Trinajstić information content (AvgIpc) is 3.37. The van der Waals surface area contributed by atoms with Crippen LogP contribution in [0.4, 0.5) is 66.2 Å². The molecule has 5 nitrogen and oxygen atoms in total. The number of alkyl halides is 6. The molecule has 0 spiro atoms. The molecule has 0 fully saturated rings. The topological polar surface area (TPSA) is 43.9 Å². The maximum atomic E-state index is 14.1. The lowest BCUT2D eigenvalue weighted by Crippen LogP contribution is -2.30. The van der Waals surface area contributed by atoms with Crippen LogP contribution in [0, 0.1) is 0 Å². The molecular weight excluding hydrogens is 668 g/mol.